The molecule has 0 saturated carbocycles. The van der Waals surface area contributed by atoms with Crippen LogP contribution in [0.15, 0.2) is 12.1 Å². The summed E-state index contributed by atoms with van der Waals surface area (Å²) in [7, 11) is 0. The van der Waals surface area contributed by atoms with Crippen LogP contribution in [0.4, 0.5) is 32.8 Å². The molecule has 3 atom stereocenters. The SMILES string of the molecule is N#Cc1c(N)sc2c(F)ccc(-c3c(Cl)c4c5c(nc(OC[C@@]67CCCN6C[C@H](F)C7)nc5c3F)N3CC(F)(F)COCC3CO4)c12. The summed E-state index contributed by atoms with van der Waals surface area (Å²) < 4.78 is 93.9. The first kappa shape index (κ1) is 30.6. The average Bonchev–Trinajstić information content (AvgIpc) is 3.60. The molecule has 3 fully saturated rings. The van der Waals surface area contributed by atoms with Gasteiger partial charge in [0.25, 0.3) is 5.92 Å². The largest absolute Gasteiger partial charge is 0.489 e. The van der Waals surface area contributed by atoms with E-state index in [4.69, 9.17) is 31.5 Å². The first-order valence-electron chi connectivity index (χ1n) is 15.0. The van der Waals surface area contributed by atoms with Crippen molar-refractivity contribution in [1.82, 2.24) is 14.9 Å². The summed E-state index contributed by atoms with van der Waals surface area (Å²) in [6, 6.07) is 3.29. The summed E-state index contributed by atoms with van der Waals surface area (Å²) in [5, 5.41) is 9.67. The van der Waals surface area contributed by atoms with E-state index in [-0.39, 0.29) is 98.1 Å². The number of halogens is 6. The van der Waals surface area contributed by atoms with Gasteiger partial charge in [0, 0.05) is 23.9 Å². The molecule has 3 saturated heterocycles. The Morgan fingerprint density at radius 2 is 2.04 bits per heavy atom. The second-order valence-electron chi connectivity index (χ2n) is 12.5. The maximum absolute atomic E-state index is 17.0. The second kappa shape index (κ2) is 10.9. The first-order chi connectivity index (χ1) is 22.5. The fraction of sp³-hybridized carbons (Fsp3) is 0.452. The molecule has 0 bridgehead atoms. The van der Waals surface area contributed by atoms with Gasteiger partial charge in [0.2, 0.25) is 0 Å². The molecular formula is C31H26ClF5N6O3S. The summed E-state index contributed by atoms with van der Waals surface area (Å²) in [5.74, 6) is -5.10. The van der Waals surface area contributed by atoms with Crippen LogP contribution in [0.25, 0.3) is 32.1 Å². The van der Waals surface area contributed by atoms with Gasteiger partial charge in [-0.1, -0.05) is 17.7 Å². The lowest BCUT2D eigenvalue weighted by atomic mass is 9.95. The van der Waals surface area contributed by atoms with Crippen LogP contribution in [-0.2, 0) is 4.74 Å². The highest BCUT2D eigenvalue weighted by Gasteiger charge is 2.50. The maximum atomic E-state index is 17.0. The molecule has 4 aromatic rings. The number of aromatic nitrogens is 2. The standard InChI is InChI=1S/C31H26ClF5N6O3S/c32-22-20(16-2-3-18(34)26-19(16)17(7-38)27(39)47-26)23(35)24-21-25(22)45-10-15-9-44-13-31(36,37)11-43(15)28(21)41-29(40-24)46-12-30-4-1-5-42(30)8-14(33)6-30/h2-3,14-15H,1,4-6,8-13,39H2/t14-,15?,30+/m1/s1. The molecule has 8 rings (SSSR count). The minimum absolute atomic E-state index is 0.00475. The number of hydrogen-bond donors (Lipinski definition) is 1. The zero-order valence-corrected chi connectivity index (χ0v) is 26.2. The van der Waals surface area contributed by atoms with E-state index in [9.17, 15) is 22.8 Å². The van der Waals surface area contributed by atoms with Gasteiger partial charge in [0.15, 0.2) is 11.6 Å². The molecule has 9 nitrogen and oxygen atoms in total. The molecular weight excluding hydrogens is 667 g/mol. The Labute approximate surface area is 273 Å². The van der Waals surface area contributed by atoms with E-state index in [1.165, 1.54) is 11.0 Å². The lowest BCUT2D eigenvalue weighted by molar-refractivity contribution is -0.0578. The van der Waals surface area contributed by atoms with Crippen molar-refractivity contribution >= 4 is 54.7 Å². The smallest absolute Gasteiger partial charge is 0.319 e. The zero-order chi connectivity index (χ0) is 32.8. The predicted molar refractivity (Wildman–Crippen MR) is 165 cm³/mol. The average molecular weight is 693 g/mol. The highest BCUT2D eigenvalue weighted by Crippen LogP contribution is 2.51. The highest BCUT2D eigenvalue weighted by molar-refractivity contribution is 7.23. The molecule has 0 aliphatic carbocycles. The van der Waals surface area contributed by atoms with E-state index in [2.05, 4.69) is 9.97 Å². The van der Waals surface area contributed by atoms with Crippen molar-refractivity contribution in [2.75, 3.05) is 56.7 Å². The molecule has 246 valence electrons. The van der Waals surface area contributed by atoms with Gasteiger partial charge in [0.05, 0.1) is 45.4 Å². The third-order valence-corrected chi connectivity index (χ3v) is 10.9. The van der Waals surface area contributed by atoms with Crippen LogP contribution in [-0.4, -0.2) is 84.6 Å². The van der Waals surface area contributed by atoms with Crippen molar-refractivity contribution < 1.29 is 36.2 Å². The minimum atomic E-state index is -3.28. The van der Waals surface area contributed by atoms with Gasteiger partial charge in [-0.2, -0.15) is 15.2 Å². The Morgan fingerprint density at radius 1 is 1.21 bits per heavy atom. The first-order valence-corrected chi connectivity index (χ1v) is 16.2. The molecule has 0 amide bonds. The number of rotatable bonds is 4. The van der Waals surface area contributed by atoms with Gasteiger partial charge in [0.1, 0.15) is 54.2 Å². The number of nitrogens with zero attached hydrogens (tertiary/aromatic N) is 5. The Balaban J connectivity index is 1.36. The van der Waals surface area contributed by atoms with Crippen molar-refractivity contribution in [3.8, 4) is 29.0 Å². The molecule has 2 aromatic carbocycles. The molecule has 47 heavy (non-hydrogen) atoms. The van der Waals surface area contributed by atoms with Crippen LogP contribution >= 0.6 is 22.9 Å². The van der Waals surface area contributed by atoms with E-state index in [1.807, 2.05) is 11.0 Å². The molecule has 6 heterocycles. The number of nitrogen functional groups attached to an aromatic ring is 1. The van der Waals surface area contributed by atoms with Crippen LogP contribution in [0.1, 0.15) is 24.8 Å². The van der Waals surface area contributed by atoms with E-state index in [0.29, 0.717) is 13.0 Å². The predicted octanol–water partition coefficient (Wildman–Crippen LogP) is 6.09. The Bertz CT molecular complexity index is 2010. The van der Waals surface area contributed by atoms with Crippen molar-refractivity contribution in [2.24, 2.45) is 0 Å². The summed E-state index contributed by atoms with van der Waals surface area (Å²) in [6.45, 7) is -0.971. The number of fused-ring (bicyclic) bond motifs is 4. The van der Waals surface area contributed by atoms with E-state index in [1.54, 1.807) is 0 Å². The number of ether oxygens (including phenoxy) is 3. The van der Waals surface area contributed by atoms with Crippen molar-refractivity contribution in [1.29, 1.82) is 5.26 Å². The number of hydrogen-bond acceptors (Lipinski definition) is 10. The van der Waals surface area contributed by atoms with Crippen LogP contribution in [0.3, 0.4) is 0 Å². The summed E-state index contributed by atoms with van der Waals surface area (Å²) in [5.41, 5.74) is 4.86. The third-order valence-electron chi connectivity index (χ3n) is 9.53. The van der Waals surface area contributed by atoms with E-state index in [0.717, 1.165) is 23.8 Å². The Morgan fingerprint density at radius 3 is 2.85 bits per heavy atom. The van der Waals surface area contributed by atoms with E-state index < -0.39 is 48.5 Å². The maximum Gasteiger partial charge on any atom is 0.319 e. The van der Waals surface area contributed by atoms with Crippen LogP contribution < -0.4 is 20.1 Å². The second-order valence-corrected chi connectivity index (χ2v) is 13.9. The normalized spacial score (nSPS) is 25.3. The fourth-order valence-corrected chi connectivity index (χ4v) is 8.74. The lowest BCUT2D eigenvalue weighted by Gasteiger charge is -2.32. The Kier molecular flexibility index (Phi) is 7.11. The molecule has 0 radical (unpaired) electrons. The Hall–Kier alpha value is -3.71. The van der Waals surface area contributed by atoms with E-state index >= 15 is 4.39 Å². The number of nitriles is 1. The van der Waals surface area contributed by atoms with Gasteiger partial charge in [-0.05, 0) is 31.0 Å². The molecule has 4 aliphatic rings. The van der Waals surface area contributed by atoms with Crippen molar-refractivity contribution in [2.45, 2.75) is 42.9 Å². The van der Waals surface area contributed by atoms with Gasteiger partial charge in [-0.25, -0.2) is 22.0 Å². The molecule has 16 heteroatoms. The number of anilines is 2. The van der Waals surface area contributed by atoms with Crippen molar-refractivity contribution in [3.63, 3.8) is 0 Å². The zero-order valence-electron chi connectivity index (χ0n) is 24.6. The third kappa shape index (κ3) is 4.74. The molecule has 4 aliphatic heterocycles. The number of alkyl halides is 3. The number of thiophene rings is 1. The number of benzene rings is 2. The quantitative estimate of drug-likeness (QED) is 0.254. The van der Waals surface area contributed by atoms with Crippen LogP contribution in [0.2, 0.25) is 5.02 Å². The van der Waals surface area contributed by atoms with Gasteiger partial charge >= 0.3 is 6.01 Å². The minimum Gasteiger partial charge on any atom is -0.489 e. The number of nitrogens with two attached hydrogens (primary N) is 1. The summed E-state index contributed by atoms with van der Waals surface area (Å²) in [4.78, 5) is 12.3. The topological polar surface area (TPSA) is 110 Å². The fourth-order valence-electron chi connectivity index (χ4n) is 7.46. The highest BCUT2D eigenvalue weighted by atomic mass is 35.5. The van der Waals surface area contributed by atoms with Gasteiger partial charge in [-0.3, -0.25) is 4.90 Å². The monoisotopic (exact) mass is 692 g/mol. The molecule has 2 N–H and O–H groups in total. The molecule has 0 spiro atoms. The van der Waals surface area contributed by atoms with Crippen molar-refractivity contribution in [3.05, 3.63) is 34.4 Å². The van der Waals surface area contributed by atoms with Gasteiger partial charge < -0.3 is 24.8 Å². The van der Waals surface area contributed by atoms with Gasteiger partial charge in [-0.15, -0.1) is 11.3 Å². The summed E-state index contributed by atoms with van der Waals surface area (Å²) >= 11 is 7.74. The summed E-state index contributed by atoms with van der Waals surface area (Å²) in [6.07, 6.45) is 0.762. The van der Waals surface area contributed by atoms with Crippen LogP contribution in [0.5, 0.6) is 11.8 Å². The molecule has 2 aromatic heterocycles. The lowest BCUT2D eigenvalue weighted by Crippen LogP contribution is -2.45. The molecule has 1 unspecified atom stereocenters. The van der Waals surface area contributed by atoms with Crippen LogP contribution in [0, 0.1) is 23.0 Å².